The number of anilines is 1. The molecule has 0 fully saturated rings. The zero-order valence-corrected chi connectivity index (χ0v) is 9.66. The topological polar surface area (TPSA) is 47.0 Å². The van der Waals surface area contributed by atoms with Crippen molar-refractivity contribution in [2.75, 3.05) is 11.9 Å². The minimum atomic E-state index is 0.208. The second-order valence-corrected chi connectivity index (χ2v) is 3.47. The minimum absolute atomic E-state index is 0.208. The number of hydrogen-bond acceptors (Lipinski definition) is 4. The Morgan fingerprint density at radius 1 is 1.47 bits per heavy atom. The van der Waals surface area contributed by atoms with Crippen molar-refractivity contribution < 1.29 is 4.74 Å². The predicted octanol–water partition coefficient (Wildman–Crippen LogP) is 2.48. The van der Waals surface area contributed by atoms with Gasteiger partial charge < -0.3 is 10.1 Å². The Kier molecular flexibility index (Phi) is 4.87. The van der Waals surface area contributed by atoms with E-state index in [2.05, 4.69) is 29.1 Å². The van der Waals surface area contributed by atoms with Gasteiger partial charge >= 0.3 is 0 Å². The van der Waals surface area contributed by atoms with Crippen LogP contribution in [0.25, 0.3) is 0 Å². The smallest absolute Gasteiger partial charge is 0.225 e. The second kappa shape index (κ2) is 6.22. The van der Waals surface area contributed by atoms with Gasteiger partial charge in [0.15, 0.2) is 0 Å². The molecule has 0 amide bonds. The minimum Gasteiger partial charge on any atom is -0.475 e. The molecule has 0 saturated heterocycles. The summed E-state index contributed by atoms with van der Waals surface area (Å²) in [4.78, 5) is 8.32. The van der Waals surface area contributed by atoms with Gasteiger partial charge in [-0.2, -0.15) is 4.98 Å². The maximum atomic E-state index is 5.65. The summed E-state index contributed by atoms with van der Waals surface area (Å²) in [6, 6.07) is 1.78. The van der Waals surface area contributed by atoms with Crippen LogP contribution in [0.2, 0.25) is 0 Å². The average Bonchev–Trinajstić information content (AvgIpc) is 2.19. The highest BCUT2D eigenvalue weighted by molar-refractivity contribution is 5.26. The van der Waals surface area contributed by atoms with E-state index in [1.165, 1.54) is 0 Å². The molecule has 1 N–H and O–H groups in total. The van der Waals surface area contributed by atoms with Gasteiger partial charge in [-0.1, -0.05) is 13.3 Å². The first-order chi connectivity index (χ1) is 7.26. The Morgan fingerprint density at radius 2 is 2.27 bits per heavy atom. The number of aromatic nitrogens is 2. The van der Waals surface area contributed by atoms with Gasteiger partial charge in [0.25, 0.3) is 0 Å². The molecular weight excluding hydrogens is 190 g/mol. The monoisotopic (exact) mass is 209 g/mol. The van der Waals surface area contributed by atoms with Crippen LogP contribution in [0.3, 0.4) is 0 Å². The fourth-order valence-corrected chi connectivity index (χ4v) is 1.32. The molecule has 0 spiro atoms. The van der Waals surface area contributed by atoms with E-state index in [1.54, 1.807) is 12.3 Å². The quantitative estimate of drug-likeness (QED) is 0.781. The molecule has 0 saturated carbocycles. The summed E-state index contributed by atoms with van der Waals surface area (Å²) >= 11 is 0. The lowest BCUT2D eigenvalue weighted by Crippen LogP contribution is -2.12. The number of ether oxygens (including phenoxy) is 1. The van der Waals surface area contributed by atoms with Gasteiger partial charge in [-0.3, -0.25) is 0 Å². The van der Waals surface area contributed by atoms with Crippen molar-refractivity contribution in [3.05, 3.63) is 12.3 Å². The molecular formula is C11H19N3O. The van der Waals surface area contributed by atoms with Crippen LogP contribution in [0, 0.1) is 0 Å². The molecule has 1 heterocycles. The largest absolute Gasteiger partial charge is 0.475 e. The molecule has 15 heavy (non-hydrogen) atoms. The summed E-state index contributed by atoms with van der Waals surface area (Å²) in [5, 5.41) is 3.05. The molecule has 0 aliphatic rings. The lowest BCUT2D eigenvalue weighted by molar-refractivity contribution is 0.201. The van der Waals surface area contributed by atoms with Crippen molar-refractivity contribution in [1.29, 1.82) is 0 Å². The maximum absolute atomic E-state index is 5.65. The van der Waals surface area contributed by atoms with Crippen molar-refractivity contribution in [3.8, 4) is 5.88 Å². The Balaban J connectivity index is 2.56. The van der Waals surface area contributed by atoms with E-state index in [4.69, 9.17) is 4.74 Å². The first-order valence-corrected chi connectivity index (χ1v) is 5.49. The van der Waals surface area contributed by atoms with Crippen LogP contribution < -0.4 is 10.1 Å². The van der Waals surface area contributed by atoms with Crippen molar-refractivity contribution in [1.82, 2.24) is 9.97 Å². The third-order valence-corrected chi connectivity index (χ3v) is 1.98. The van der Waals surface area contributed by atoms with Crippen LogP contribution >= 0.6 is 0 Å². The second-order valence-electron chi connectivity index (χ2n) is 3.47. The molecule has 1 atom stereocenters. The van der Waals surface area contributed by atoms with Gasteiger partial charge in [0, 0.05) is 18.8 Å². The summed E-state index contributed by atoms with van der Waals surface area (Å²) in [6.45, 7) is 7.02. The summed E-state index contributed by atoms with van der Waals surface area (Å²) in [5.74, 6) is 1.26. The molecule has 0 bridgehead atoms. The van der Waals surface area contributed by atoms with E-state index >= 15 is 0 Å². The van der Waals surface area contributed by atoms with Crippen LogP contribution in [0.5, 0.6) is 5.88 Å². The van der Waals surface area contributed by atoms with Crippen LogP contribution in [-0.2, 0) is 0 Å². The molecule has 4 nitrogen and oxygen atoms in total. The standard InChI is InChI=1S/C11H19N3O/c1-4-6-9(3)15-10-7-8-13-11(14-10)12-5-2/h7-9H,4-6H2,1-3H3,(H,12,13,14). The number of nitrogens with one attached hydrogen (secondary N) is 1. The van der Waals surface area contributed by atoms with E-state index in [0.29, 0.717) is 11.8 Å². The summed E-state index contributed by atoms with van der Waals surface area (Å²) in [6.07, 6.45) is 4.07. The highest BCUT2D eigenvalue weighted by Gasteiger charge is 2.04. The summed E-state index contributed by atoms with van der Waals surface area (Å²) in [5.41, 5.74) is 0. The van der Waals surface area contributed by atoms with Gasteiger partial charge in [0.1, 0.15) is 0 Å². The van der Waals surface area contributed by atoms with Crippen molar-refractivity contribution in [2.45, 2.75) is 39.7 Å². The molecule has 84 valence electrons. The fourth-order valence-electron chi connectivity index (χ4n) is 1.32. The molecule has 0 aliphatic carbocycles. The van der Waals surface area contributed by atoms with Gasteiger partial charge in [-0.05, 0) is 20.3 Å². The number of hydrogen-bond donors (Lipinski definition) is 1. The van der Waals surface area contributed by atoms with Crippen molar-refractivity contribution in [2.24, 2.45) is 0 Å². The van der Waals surface area contributed by atoms with Crippen LogP contribution in [-0.4, -0.2) is 22.6 Å². The zero-order valence-electron chi connectivity index (χ0n) is 9.66. The molecule has 1 aromatic heterocycles. The first kappa shape index (κ1) is 11.8. The Morgan fingerprint density at radius 3 is 2.93 bits per heavy atom. The Hall–Kier alpha value is -1.32. The highest BCUT2D eigenvalue weighted by atomic mass is 16.5. The molecule has 4 heteroatoms. The summed E-state index contributed by atoms with van der Waals surface area (Å²) < 4.78 is 5.65. The molecule has 0 aromatic carbocycles. The van der Waals surface area contributed by atoms with Gasteiger partial charge in [0.2, 0.25) is 11.8 Å². The average molecular weight is 209 g/mol. The normalized spacial score (nSPS) is 12.2. The van der Waals surface area contributed by atoms with Gasteiger partial charge in [-0.15, -0.1) is 0 Å². The molecule has 0 aliphatic heterocycles. The summed E-state index contributed by atoms with van der Waals surface area (Å²) in [7, 11) is 0. The van der Waals surface area contributed by atoms with E-state index in [-0.39, 0.29) is 6.10 Å². The molecule has 0 radical (unpaired) electrons. The lowest BCUT2D eigenvalue weighted by Gasteiger charge is -2.13. The fraction of sp³-hybridized carbons (Fsp3) is 0.636. The number of rotatable bonds is 6. The van der Waals surface area contributed by atoms with E-state index in [9.17, 15) is 0 Å². The van der Waals surface area contributed by atoms with E-state index in [1.807, 2.05) is 6.92 Å². The molecule has 1 aromatic rings. The SMILES string of the molecule is CCCC(C)Oc1ccnc(NCC)n1. The maximum Gasteiger partial charge on any atom is 0.225 e. The molecule has 1 unspecified atom stereocenters. The van der Waals surface area contributed by atoms with Crippen LogP contribution in [0.15, 0.2) is 12.3 Å². The molecule has 1 rings (SSSR count). The third-order valence-electron chi connectivity index (χ3n) is 1.98. The lowest BCUT2D eigenvalue weighted by atomic mass is 10.2. The Labute approximate surface area is 91.1 Å². The van der Waals surface area contributed by atoms with Crippen LogP contribution in [0.4, 0.5) is 5.95 Å². The third kappa shape index (κ3) is 4.14. The van der Waals surface area contributed by atoms with Crippen molar-refractivity contribution in [3.63, 3.8) is 0 Å². The zero-order chi connectivity index (χ0) is 11.1. The van der Waals surface area contributed by atoms with Gasteiger partial charge in [0.05, 0.1) is 6.10 Å². The highest BCUT2D eigenvalue weighted by Crippen LogP contribution is 2.12. The van der Waals surface area contributed by atoms with E-state index in [0.717, 1.165) is 19.4 Å². The Bertz CT molecular complexity index is 291. The van der Waals surface area contributed by atoms with Crippen molar-refractivity contribution >= 4 is 5.95 Å². The first-order valence-electron chi connectivity index (χ1n) is 5.49. The predicted molar refractivity (Wildman–Crippen MR) is 61.2 cm³/mol. The van der Waals surface area contributed by atoms with E-state index < -0.39 is 0 Å². The van der Waals surface area contributed by atoms with Crippen LogP contribution in [0.1, 0.15) is 33.6 Å². The van der Waals surface area contributed by atoms with Gasteiger partial charge in [-0.25, -0.2) is 4.98 Å². The number of nitrogens with zero attached hydrogens (tertiary/aromatic N) is 2.